The number of H-pyrrole nitrogens is 1. The molecule has 1 aromatic rings. The molecule has 0 bridgehead atoms. The third-order valence-electron chi connectivity index (χ3n) is 12.1. The standard InChI is InChI=1S/C39H61N3O5/c1-2-3-4-8-26-12-13-29(35(44)23-26)9-5-6-10-30-14-15-31(33-11-7-19-41-33)32-22-28(21-27-17-20-42-36(40)24-27)25-39(32,47)18-16-34(43)37(30)38(45)46/h7,11-13,17,19,24,26,28-32,34-35,37,41-44,47H,2-6,8-10,14-16,18,20-23,25,40H2,1H3,(H,45,46)/t26-,28+,29+,30+,31-,32+,34+,35+,37+,39+/m1/s1. The van der Waals surface area contributed by atoms with Gasteiger partial charge in [0.25, 0.3) is 0 Å². The number of aliphatic hydroxyl groups is 3. The molecular weight excluding hydrogens is 590 g/mol. The molecule has 4 aliphatic rings. The van der Waals surface area contributed by atoms with Crippen LogP contribution in [0.1, 0.15) is 121 Å². The maximum absolute atomic E-state index is 12.7. The first-order chi connectivity index (χ1) is 22.7. The molecule has 262 valence electrons. The van der Waals surface area contributed by atoms with Crippen molar-refractivity contribution in [2.75, 3.05) is 6.54 Å². The largest absolute Gasteiger partial charge is 0.481 e. The van der Waals surface area contributed by atoms with Crippen molar-refractivity contribution in [1.29, 1.82) is 0 Å². The number of allylic oxidation sites excluding steroid dienone is 3. The third kappa shape index (κ3) is 9.33. The van der Waals surface area contributed by atoms with Crippen LogP contribution in [0.15, 0.2) is 54.0 Å². The zero-order chi connectivity index (χ0) is 33.4. The van der Waals surface area contributed by atoms with Crippen LogP contribution in [0.25, 0.3) is 0 Å². The van der Waals surface area contributed by atoms with Gasteiger partial charge in [0.05, 0.1) is 29.5 Å². The maximum atomic E-state index is 12.7. The molecule has 8 heteroatoms. The number of fused-ring (bicyclic) bond motifs is 1. The number of carboxylic acids is 1. The lowest BCUT2D eigenvalue weighted by Crippen LogP contribution is -2.42. The Morgan fingerprint density at radius 3 is 2.55 bits per heavy atom. The van der Waals surface area contributed by atoms with Crippen LogP contribution in [0.5, 0.6) is 0 Å². The number of carboxylic acid groups (broad SMARTS) is 1. The van der Waals surface area contributed by atoms with Crippen LogP contribution in [-0.2, 0) is 4.79 Å². The second-order valence-corrected chi connectivity index (χ2v) is 15.4. The molecule has 1 aromatic heterocycles. The van der Waals surface area contributed by atoms with Gasteiger partial charge in [-0.25, -0.2) is 0 Å². The lowest BCUT2D eigenvalue weighted by Gasteiger charge is -2.39. The number of aliphatic carboxylic acids is 1. The molecule has 2 saturated carbocycles. The number of hydrogen-bond donors (Lipinski definition) is 7. The van der Waals surface area contributed by atoms with Gasteiger partial charge in [-0.15, -0.1) is 0 Å². The van der Waals surface area contributed by atoms with E-state index in [1.54, 1.807) is 0 Å². The summed E-state index contributed by atoms with van der Waals surface area (Å²) in [6, 6.07) is 4.12. The van der Waals surface area contributed by atoms with Gasteiger partial charge in [-0.05, 0) is 118 Å². The first-order valence-corrected chi connectivity index (χ1v) is 18.7. The fourth-order valence-corrected chi connectivity index (χ4v) is 9.62. The van der Waals surface area contributed by atoms with Gasteiger partial charge in [0.2, 0.25) is 0 Å². The van der Waals surface area contributed by atoms with Crippen LogP contribution in [0, 0.1) is 35.5 Å². The number of aliphatic hydroxyl groups excluding tert-OH is 2. The van der Waals surface area contributed by atoms with E-state index >= 15 is 0 Å². The lowest BCUT2D eigenvalue weighted by molar-refractivity contribution is -0.150. The number of rotatable bonds is 13. The molecule has 2 fully saturated rings. The topological polar surface area (TPSA) is 152 Å². The molecular formula is C39H61N3O5. The minimum absolute atomic E-state index is 0.0226. The minimum Gasteiger partial charge on any atom is -0.481 e. The summed E-state index contributed by atoms with van der Waals surface area (Å²) in [5.74, 6) is -0.220. The molecule has 0 spiro atoms. The zero-order valence-electron chi connectivity index (χ0n) is 28.5. The highest BCUT2D eigenvalue weighted by Crippen LogP contribution is 2.53. The van der Waals surface area contributed by atoms with Gasteiger partial charge in [-0.1, -0.05) is 57.3 Å². The Bertz CT molecular complexity index is 1230. The summed E-state index contributed by atoms with van der Waals surface area (Å²) in [5, 5.41) is 48.1. The van der Waals surface area contributed by atoms with E-state index in [0.717, 1.165) is 63.5 Å². The Labute approximate surface area is 282 Å². The van der Waals surface area contributed by atoms with Gasteiger partial charge in [0, 0.05) is 30.3 Å². The van der Waals surface area contributed by atoms with Crippen molar-refractivity contribution in [3.63, 3.8) is 0 Å². The Kier molecular flexibility index (Phi) is 12.7. The summed E-state index contributed by atoms with van der Waals surface area (Å²) >= 11 is 0. The number of hydrogen-bond acceptors (Lipinski definition) is 6. The molecule has 2 heterocycles. The zero-order valence-corrected chi connectivity index (χ0v) is 28.5. The van der Waals surface area contributed by atoms with Crippen LogP contribution in [-0.4, -0.2) is 55.7 Å². The molecule has 0 saturated heterocycles. The Hall–Kier alpha value is -2.55. The van der Waals surface area contributed by atoms with Gasteiger partial charge >= 0.3 is 5.97 Å². The van der Waals surface area contributed by atoms with Crippen molar-refractivity contribution in [3.8, 4) is 0 Å². The molecule has 8 nitrogen and oxygen atoms in total. The van der Waals surface area contributed by atoms with Crippen molar-refractivity contribution < 1.29 is 25.2 Å². The Morgan fingerprint density at radius 1 is 1.02 bits per heavy atom. The number of carbonyl (C=O) groups is 1. The molecule has 0 amide bonds. The number of unbranched alkanes of at least 4 members (excludes halogenated alkanes) is 3. The monoisotopic (exact) mass is 651 g/mol. The first-order valence-electron chi connectivity index (χ1n) is 18.7. The van der Waals surface area contributed by atoms with Crippen molar-refractivity contribution in [2.24, 2.45) is 41.2 Å². The molecule has 1 aliphatic heterocycles. The van der Waals surface area contributed by atoms with Crippen molar-refractivity contribution in [1.82, 2.24) is 10.3 Å². The van der Waals surface area contributed by atoms with E-state index in [4.69, 9.17) is 5.73 Å². The van der Waals surface area contributed by atoms with Crippen LogP contribution in [0.2, 0.25) is 0 Å². The lowest BCUT2D eigenvalue weighted by atomic mass is 9.69. The minimum atomic E-state index is -0.995. The van der Waals surface area contributed by atoms with Gasteiger partial charge < -0.3 is 36.5 Å². The fraction of sp³-hybridized carbons (Fsp3) is 0.718. The van der Waals surface area contributed by atoms with Crippen molar-refractivity contribution in [3.05, 3.63) is 59.7 Å². The molecule has 0 radical (unpaired) electrons. The number of aromatic nitrogens is 1. The molecule has 3 aliphatic carbocycles. The SMILES string of the molecule is CCCCC[C@@H]1C=C[C@H](CCCC[C@H]2CC[C@@H](c3ccc[nH]3)[C@@H]3C[C@H](CC4=CCNC(N)=C4)C[C@@]3(O)CC[C@H](O)[C@H]2C(=O)O)[C@@H](O)C1. The summed E-state index contributed by atoms with van der Waals surface area (Å²) in [4.78, 5) is 16.1. The molecule has 0 aromatic carbocycles. The van der Waals surface area contributed by atoms with E-state index in [2.05, 4.69) is 41.5 Å². The first kappa shape index (κ1) is 35.7. The van der Waals surface area contributed by atoms with Crippen LogP contribution < -0.4 is 11.1 Å². The number of nitrogens with one attached hydrogen (secondary N) is 2. The van der Waals surface area contributed by atoms with E-state index in [0.29, 0.717) is 37.5 Å². The summed E-state index contributed by atoms with van der Waals surface area (Å²) in [6.45, 7) is 2.93. The normalized spacial score (nSPS) is 36.2. The predicted molar refractivity (Wildman–Crippen MR) is 186 cm³/mol. The second-order valence-electron chi connectivity index (χ2n) is 15.4. The highest BCUT2D eigenvalue weighted by molar-refractivity contribution is 5.71. The second kappa shape index (κ2) is 16.7. The maximum Gasteiger partial charge on any atom is 0.309 e. The highest BCUT2D eigenvalue weighted by atomic mass is 16.4. The van der Waals surface area contributed by atoms with Gasteiger partial charge in [0.1, 0.15) is 0 Å². The summed E-state index contributed by atoms with van der Waals surface area (Å²) in [5.41, 5.74) is 7.38. The highest BCUT2D eigenvalue weighted by Gasteiger charge is 2.51. The summed E-state index contributed by atoms with van der Waals surface area (Å²) in [7, 11) is 0. The number of dihydropyridines is 1. The van der Waals surface area contributed by atoms with Gasteiger partial charge in [-0.2, -0.15) is 0 Å². The summed E-state index contributed by atoms with van der Waals surface area (Å²) < 4.78 is 0. The van der Waals surface area contributed by atoms with Crippen LogP contribution in [0.4, 0.5) is 0 Å². The van der Waals surface area contributed by atoms with E-state index in [1.165, 1.54) is 24.8 Å². The van der Waals surface area contributed by atoms with Crippen molar-refractivity contribution in [2.45, 2.75) is 133 Å². The van der Waals surface area contributed by atoms with E-state index in [1.807, 2.05) is 18.3 Å². The average Bonchev–Trinajstić information content (AvgIpc) is 3.67. The average molecular weight is 652 g/mol. The molecule has 10 atom stereocenters. The van der Waals surface area contributed by atoms with Gasteiger partial charge in [-0.3, -0.25) is 4.79 Å². The van der Waals surface area contributed by atoms with E-state index in [-0.39, 0.29) is 42.1 Å². The van der Waals surface area contributed by atoms with Gasteiger partial charge in [0.15, 0.2) is 0 Å². The number of nitrogens with two attached hydrogens (primary N) is 1. The van der Waals surface area contributed by atoms with E-state index < -0.39 is 23.6 Å². The van der Waals surface area contributed by atoms with E-state index in [9.17, 15) is 25.2 Å². The predicted octanol–water partition coefficient (Wildman–Crippen LogP) is 6.52. The Morgan fingerprint density at radius 2 is 1.83 bits per heavy atom. The summed E-state index contributed by atoms with van der Waals surface area (Å²) in [6.07, 6.45) is 23.0. The third-order valence-corrected chi connectivity index (χ3v) is 12.1. The van der Waals surface area contributed by atoms with Crippen molar-refractivity contribution >= 4 is 5.97 Å². The van der Waals surface area contributed by atoms with Crippen LogP contribution >= 0.6 is 0 Å². The molecule has 8 N–H and O–H groups in total. The fourth-order valence-electron chi connectivity index (χ4n) is 9.62. The molecule has 0 unspecified atom stereocenters. The Balaban J connectivity index is 1.25. The smallest absolute Gasteiger partial charge is 0.309 e. The quantitative estimate of drug-likeness (QED) is 0.0947. The molecule has 5 rings (SSSR count). The number of aromatic amines is 1. The molecule has 47 heavy (non-hydrogen) atoms. The van der Waals surface area contributed by atoms with Crippen LogP contribution in [0.3, 0.4) is 0 Å².